The Kier molecular flexibility index (Phi) is 19.1. The fourth-order valence-corrected chi connectivity index (χ4v) is 8.91. The number of hydrogen-bond donors (Lipinski definition) is 0. The van der Waals surface area contributed by atoms with Crippen molar-refractivity contribution in [1.82, 2.24) is 0 Å². The Labute approximate surface area is 418 Å². The molecular weight excluding hydrogens is 893 g/mol. The minimum atomic E-state index is -1.04. The molecule has 0 amide bonds. The molecule has 2 saturated heterocycles. The lowest BCUT2D eigenvalue weighted by Crippen LogP contribution is -2.65. The van der Waals surface area contributed by atoms with Crippen LogP contribution in [0.25, 0.3) is 0 Å². The Hall–Kier alpha value is -5.86. The summed E-state index contributed by atoms with van der Waals surface area (Å²) in [7, 11) is 0. The van der Waals surface area contributed by atoms with E-state index in [9.17, 15) is 0 Å². The fraction of sp³-hybridized carbons (Fsp3) is 0.311. The van der Waals surface area contributed by atoms with Gasteiger partial charge in [-0.2, -0.15) is 0 Å². The zero-order chi connectivity index (χ0) is 48.1. The van der Waals surface area contributed by atoms with E-state index in [2.05, 4.69) is 36.4 Å². The summed E-state index contributed by atoms with van der Waals surface area (Å²) in [5.74, 6) is 0. The second-order valence-electron chi connectivity index (χ2n) is 17.9. The molecule has 9 rings (SSSR count). The van der Waals surface area contributed by atoms with Crippen LogP contribution in [0.5, 0.6) is 0 Å². The van der Waals surface area contributed by atoms with Gasteiger partial charge in [0.1, 0.15) is 48.8 Å². The number of hydrogen-bond acceptors (Lipinski definition) is 10. The Morgan fingerprint density at radius 1 is 0.310 bits per heavy atom. The molecule has 2 aliphatic rings. The predicted octanol–water partition coefficient (Wildman–Crippen LogP) is 10.9. The predicted molar refractivity (Wildman–Crippen MR) is 271 cm³/mol. The summed E-state index contributed by atoms with van der Waals surface area (Å²) in [6, 6.07) is 70.8. The van der Waals surface area contributed by atoms with Gasteiger partial charge in [0, 0.05) is 0 Å². The zero-order valence-electron chi connectivity index (χ0n) is 40.1. The normalized spacial score (nSPS) is 23.3. The van der Waals surface area contributed by atoms with Gasteiger partial charge in [0.15, 0.2) is 6.29 Å². The molecule has 2 fully saturated rings. The molecule has 0 spiro atoms. The summed E-state index contributed by atoms with van der Waals surface area (Å²) in [5, 5.41) is 0. The molecule has 7 aromatic rings. The smallest absolute Gasteiger partial charge is 0.187 e. The molecule has 10 nitrogen and oxygen atoms in total. The Bertz CT molecular complexity index is 2510. The first-order chi connectivity index (χ1) is 35.2. The van der Waals surface area contributed by atoms with E-state index in [1.54, 1.807) is 0 Å². The molecule has 0 aliphatic carbocycles. The van der Waals surface area contributed by atoms with E-state index in [-0.39, 0.29) is 33.0 Å². The van der Waals surface area contributed by atoms with Crippen LogP contribution in [0, 0.1) is 0 Å². The largest absolute Gasteiger partial charge is 0.374 e. The highest BCUT2D eigenvalue weighted by atomic mass is 16.7. The van der Waals surface area contributed by atoms with E-state index in [4.69, 9.17) is 47.4 Å². The van der Waals surface area contributed by atoms with Crippen molar-refractivity contribution in [2.75, 3.05) is 19.8 Å². The average Bonchev–Trinajstić information content (AvgIpc) is 3.43. The minimum Gasteiger partial charge on any atom is -0.374 e. The van der Waals surface area contributed by atoms with Gasteiger partial charge in [-0.25, -0.2) is 0 Å². The Morgan fingerprint density at radius 2 is 0.634 bits per heavy atom. The molecule has 0 bridgehead atoms. The van der Waals surface area contributed by atoms with Crippen molar-refractivity contribution >= 4 is 0 Å². The highest BCUT2D eigenvalue weighted by Crippen LogP contribution is 2.35. The van der Waals surface area contributed by atoms with Crippen LogP contribution in [-0.2, 0) is 93.6 Å². The maximum atomic E-state index is 7.47. The van der Waals surface area contributed by atoms with Crippen molar-refractivity contribution in [1.29, 1.82) is 0 Å². The molecule has 368 valence electrons. The van der Waals surface area contributed by atoms with Crippen LogP contribution < -0.4 is 0 Å². The van der Waals surface area contributed by atoms with Crippen LogP contribution in [0.1, 0.15) is 38.9 Å². The maximum Gasteiger partial charge on any atom is 0.187 e. The molecule has 0 saturated carbocycles. The van der Waals surface area contributed by atoms with Gasteiger partial charge in [-0.1, -0.05) is 212 Å². The van der Waals surface area contributed by atoms with Crippen molar-refractivity contribution in [3.05, 3.63) is 251 Å². The minimum absolute atomic E-state index is 0.173. The molecule has 0 unspecified atom stereocenters. The summed E-state index contributed by atoms with van der Waals surface area (Å²) in [5.41, 5.74) is 7.12. The molecule has 0 aromatic heterocycles. The average molecular weight is 957 g/mol. The van der Waals surface area contributed by atoms with Crippen LogP contribution in [0.2, 0.25) is 0 Å². The van der Waals surface area contributed by atoms with Gasteiger partial charge in [-0.05, 0) is 38.9 Å². The van der Waals surface area contributed by atoms with Crippen LogP contribution in [0.3, 0.4) is 0 Å². The molecule has 71 heavy (non-hydrogen) atoms. The van der Waals surface area contributed by atoms with Crippen molar-refractivity contribution < 1.29 is 47.4 Å². The second-order valence-corrected chi connectivity index (χ2v) is 17.9. The summed E-state index contributed by atoms with van der Waals surface area (Å²) >= 11 is 0. The SMILES string of the molecule is c1ccc(COC[C@H]2O[C@@H](O[C@H]3[C@H](OCc4ccccc4)[C@@H](OCc4ccccc4)CO[C@@H]3COCc3ccccc3)[C@H](OCc3ccccc3)[C@@H](OCc3ccccc3)[C@H]2OCc2ccccc2)cc1. The third kappa shape index (κ3) is 15.1. The van der Waals surface area contributed by atoms with E-state index in [1.165, 1.54) is 0 Å². The fourth-order valence-electron chi connectivity index (χ4n) is 8.91. The van der Waals surface area contributed by atoms with E-state index in [0.29, 0.717) is 33.0 Å². The van der Waals surface area contributed by atoms with Gasteiger partial charge >= 0.3 is 0 Å². The van der Waals surface area contributed by atoms with Gasteiger partial charge < -0.3 is 47.4 Å². The molecule has 9 atom stereocenters. The highest BCUT2D eigenvalue weighted by Gasteiger charge is 2.52. The van der Waals surface area contributed by atoms with Crippen molar-refractivity contribution in [3.8, 4) is 0 Å². The van der Waals surface area contributed by atoms with Crippen LogP contribution in [0.4, 0.5) is 0 Å². The van der Waals surface area contributed by atoms with E-state index in [0.717, 1.165) is 38.9 Å². The summed E-state index contributed by atoms with van der Waals surface area (Å²) in [6.07, 6.45) is -6.45. The quantitative estimate of drug-likeness (QED) is 0.0551. The van der Waals surface area contributed by atoms with Gasteiger partial charge in [0.25, 0.3) is 0 Å². The van der Waals surface area contributed by atoms with Crippen molar-refractivity contribution in [3.63, 3.8) is 0 Å². The standard InChI is InChI=1S/C61H64O10/c1-8-22-46(23-9-1)36-62-43-53-58(56(66-39-49-28-14-4-15-29-49)54(45-65-53)64-38-48-26-12-3-13-27-48)71-61-60(69-42-52-34-20-7-21-35-52)59(68-41-51-32-18-6-19-33-51)57(67-40-50-30-16-5-17-31-50)55(70-61)44-63-37-47-24-10-2-11-25-47/h1-35,53-61H,36-45H2/t53-,54+,55-,56-,57+,58-,59+,60-,61+/m1/s1. The molecule has 0 radical (unpaired) electrons. The monoisotopic (exact) mass is 956 g/mol. The lowest BCUT2D eigenvalue weighted by molar-refractivity contribution is -0.358. The molecule has 2 aliphatic heterocycles. The molecule has 7 aromatic carbocycles. The second kappa shape index (κ2) is 27.1. The summed E-state index contributed by atoms with van der Waals surface area (Å²) in [4.78, 5) is 0. The van der Waals surface area contributed by atoms with E-state index < -0.39 is 55.1 Å². The van der Waals surface area contributed by atoms with Crippen molar-refractivity contribution in [2.24, 2.45) is 0 Å². The number of ether oxygens (including phenoxy) is 10. The zero-order valence-corrected chi connectivity index (χ0v) is 40.1. The van der Waals surface area contributed by atoms with Crippen molar-refractivity contribution in [2.45, 2.75) is 101 Å². The summed E-state index contributed by atoms with van der Waals surface area (Å²) < 4.78 is 69.3. The summed E-state index contributed by atoms with van der Waals surface area (Å²) in [6.45, 7) is 2.88. The van der Waals surface area contributed by atoms with Gasteiger partial charge in [0.05, 0.1) is 66.1 Å². The number of benzene rings is 7. The van der Waals surface area contributed by atoms with E-state index in [1.807, 2.05) is 176 Å². The van der Waals surface area contributed by atoms with Crippen LogP contribution >= 0.6 is 0 Å². The van der Waals surface area contributed by atoms with E-state index >= 15 is 0 Å². The lowest BCUT2D eigenvalue weighted by Gasteiger charge is -2.49. The van der Waals surface area contributed by atoms with Crippen LogP contribution in [-0.4, -0.2) is 74.9 Å². The van der Waals surface area contributed by atoms with Gasteiger partial charge in [0.2, 0.25) is 0 Å². The molecule has 10 heteroatoms. The first kappa shape index (κ1) is 50.1. The third-order valence-corrected chi connectivity index (χ3v) is 12.6. The Balaban J connectivity index is 1.08. The Morgan fingerprint density at radius 3 is 1.04 bits per heavy atom. The topological polar surface area (TPSA) is 92.3 Å². The third-order valence-electron chi connectivity index (χ3n) is 12.6. The highest BCUT2D eigenvalue weighted by molar-refractivity contribution is 5.19. The van der Waals surface area contributed by atoms with Gasteiger partial charge in [-0.3, -0.25) is 0 Å². The molecule has 2 heterocycles. The molecular formula is C61H64O10. The first-order valence-corrected chi connectivity index (χ1v) is 24.7. The maximum absolute atomic E-state index is 7.47. The molecule has 0 N–H and O–H groups in total. The number of rotatable bonds is 25. The first-order valence-electron chi connectivity index (χ1n) is 24.7. The van der Waals surface area contributed by atoms with Crippen LogP contribution in [0.15, 0.2) is 212 Å². The van der Waals surface area contributed by atoms with Gasteiger partial charge in [-0.15, -0.1) is 0 Å². The lowest BCUT2D eigenvalue weighted by atomic mass is 9.96.